The highest BCUT2D eigenvalue weighted by atomic mass is 19.1. The predicted octanol–water partition coefficient (Wildman–Crippen LogP) is 5.09. The van der Waals surface area contributed by atoms with E-state index in [2.05, 4.69) is 5.32 Å². The zero-order chi connectivity index (χ0) is 20.3. The average Bonchev–Trinajstić information content (AvgIpc) is 2.93. The van der Waals surface area contributed by atoms with E-state index in [4.69, 9.17) is 0 Å². The number of hydrogen-bond acceptors (Lipinski definition) is 2. The standard InChI is InChI=1S/C23H20FN3O/c1-15-7-6-8-20(11-15)26-23(28)19(14-25)13-18-12-16(2)27(17(18)3)22-10-5-4-9-21(22)24/h4-13H,1-3H3,(H,26,28)/b19-13-. The van der Waals surface area contributed by atoms with Crippen LogP contribution in [0.15, 0.2) is 60.2 Å². The van der Waals surface area contributed by atoms with Crippen molar-refractivity contribution < 1.29 is 9.18 Å². The Morgan fingerprint density at radius 1 is 1.11 bits per heavy atom. The van der Waals surface area contributed by atoms with Gasteiger partial charge in [-0.2, -0.15) is 5.26 Å². The first-order valence-corrected chi connectivity index (χ1v) is 8.84. The van der Waals surface area contributed by atoms with Crippen molar-refractivity contribution in [1.29, 1.82) is 5.26 Å². The topological polar surface area (TPSA) is 57.8 Å². The number of anilines is 1. The Balaban J connectivity index is 1.95. The first-order chi connectivity index (χ1) is 13.4. The van der Waals surface area contributed by atoms with E-state index < -0.39 is 5.91 Å². The van der Waals surface area contributed by atoms with E-state index in [1.54, 1.807) is 28.8 Å². The SMILES string of the molecule is Cc1cccc(NC(=O)/C(C#N)=C\c2cc(C)n(-c3ccccc3F)c2C)c1. The molecule has 0 aliphatic carbocycles. The van der Waals surface area contributed by atoms with Gasteiger partial charge in [0, 0.05) is 17.1 Å². The maximum Gasteiger partial charge on any atom is 0.266 e. The van der Waals surface area contributed by atoms with E-state index in [0.29, 0.717) is 16.9 Å². The molecule has 0 spiro atoms. The summed E-state index contributed by atoms with van der Waals surface area (Å²) in [6.45, 7) is 5.61. The third-order valence-electron chi connectivity index (χ3n) is 4.50. The lowest BCUT2D eigenvalue weighted by Crippen LogP contribution is -2.13. The summed E-state index contributed by atoms with van der Waals surface area (Å²) in [6.07, 6.45) is 1.53. The summed E-state index contributed by atoms with van der Waals surface area (Å²) in [5, 5.41) is 12.2. The minimum absolute atomic E-state index is 0.0183. The number of rotatable bonds is 4. The van der Waals surface area contributed by atoms with Crippen LogP contribution in [-0.4, -0.2) is 10.5 Å². The number of hydrogen-bond donors (Lipinski definition) is 1. The highest BCUT2D eigenvalue weighted by Gasteiger charge is 2.15. The fourth-order valence-corrected chi connectivity index (χ4v) is 3.16. The monoisotopic (exact) mass is 373 g/mol. The van der Waals surface area contributed by atoms with E-state index >= 15 is 0 Å². The van der Waals surface area contributed by atoms with Crippen molar-refractivity contribution in [3.63, 3.8) is 0 Å². The number of carbonyl (C=O) groups is 1. The molecule has 3 rings (SSSR count). The minimum atomic E-state index is -0.483. The van der Waals surface area contributed by atoms with Gasteiger partial charge in [0.25, 0.3) is 5.91 Å². The van der Waals surface area contributed by atoms with E-state index in [1.807, 2.05) is 51.1 Å². The maximum absolute atomic E-state index is 14.2. The molecular weight excluding hydrogens is 353 g/mol. The van der Waals surface area contributed by atoms with Crippen molar-refractivity contribution in [1.82, 2.24) is 4.57 Å². The molecule has 0 aliphatic heterocycles. The quantitative estimate of drug-likeness (QED) is 0.512. The van der Waals surface area contributed by atoms with Crippen molar-refractivity contribution in [2.75, 3.05) is 5.32 Å². The Hall–Kier alpha value is -3.65. The molecule has 0 saturated heterocycles. The molecule has 0 unspecified atom stereocenters. The Morgan fingerprint density at radius 3 is 2.54 bits per heavy atom. The number of nitrogens with zero attached hydrogens (tertiary/aromatic N) is 2. The molecule has 3 aromatic rings. The lowest BCUT2D eigenvalue weighted by molar-refractivity contribution is -0.112. The number of benzene rings is 2. The Bertz CT molecular complexity index is 1120. The Kier molecular flexibility index (Phi) is 5.42. The smallest absolute Gasteiger partial charge is 0.266 e. The fraction of sp³-hybridized carbons (Fsp3) is 0.130. The van der Waals surface area contributed by atoms with E-state index in [9.17, 15) is 14.4 Å². The Labute approximate surface area is 163 Å². The average molecular weight is 373 g/mol. The Morgan fingerprint density at radius 2 is 1.86 bits per heavy atom. The molecular formula is C23H20FN3O. The van der Waals surface area contributed by atoms with Crippen LogP contribution in [0.5, 0.6) is 0 Å². The summed E-state index contributed by atoms with van der Waals surface area (Å²) in [4.78, 5) is 12.5. The lowest BCUT2D eigenvalue weighted by Gasteiger charge is -2.10. The molecule has 2 aromatic carbocycles. The predicted molar refractivity (Wildman–Crippen MR) is 109 cm³/mol. The number of nitrogens with one attached hydrogen (secondary N) is 1. The van der Waals surface area contributed by atoms with Gasteiger partial charge in [-0.15, -0.1) is 0 Å². The van der Waals surface area contributed by atoms with Gasteiger partial charge in [-0.05, 0) is 68.3 Å². The van der Waals surface area contributed by atoms with Crippen LogP contribution in [0.1, 0.15) is 22.5 Å². The van der Waals surface area contributed by atoms with Gasteiger partial charge in [-0.3, -0.25) is 4.79 Å². The van der Waals surface area contributed by atoms with Crippen molar-refractivity contribution in [2.24, 2.45) is 0 Å². The lowest BCUT2D eigenvalue weighted by atomic mass is 10.1. The van der Waals surface area contributed by atoms with Crippen molar-refractivity contribution in [3.05, 3.63) is 88.5 Å². The van der Waals surface area contributed by atoms with Crippen LogP contribution < -0.4 is 5.32 Å². The van der Waals surface area contributed by atoms with Crippen LogP contribution in [0, 0.1) is 37.9 Å². The molecule has 1 aromatic heterocycles. The third-order valence-corrected chi connectivity index (χ3v) is 4.50. The molecule has 1 heterocycles. The number of halogens is 1. The number of aromatic nitrogens is 1. The van der Waals surface area contributed by atoms with Gasteiger partial charge in [-0.1, -0.05) is 24.3 Å². The van der Waals surface area contributed by atoms with Crippen LogP contribution in [0.2, 0.25) is 0 Å². The van der Waals surface area contributed by atoms with E-state index in [1.165, 1.54) is 12.1 Å². The zero-order valence-electron chi connectivity index (χ0n) is 16.0. The molecule has 4 nitrogen and oxygen atoms in total. The third kappa shape index (κ3) is 3.86. The summed E-state index contributed by atoms with van der Waals surface area (Å²) < 4.78 is 16.0. The van der Waals surface area contributed by atoms with Gasteiger partial charge in [0.15, 0.2) is 0 Å². The number of carbonyl (C=O) groups excluding carboxylic acids is 1. The molecule has 0 saturated carbocycles. The van der Waals surface area contributed by atoms with Gasteiger partial charge in [0.1, 0.15) is 17.5 Å². The van der Waals surface area contributed by atoms with Crippen LogP contribution in [-0.2, 0) is 4.79 Å². The molecule has 0 bridgehead atoms. The minimum Gasteiger partial charge on any atom is -0.321 e. The second-order valence-electron chi connectivity index (χ2n) is 6.61. The fourth-order valence-electron chi connectivity index (χ4n) is 3.16. The molecule has 5 heteroatoms. The maximum atomic E-state index is 14.2. The van der Waals surface area contributed by atoms with Crippen LogP contribution in [0.4, 0.5) is 10.1 Å². The van der Waals surface area contributed by atoms with Gasteiger partial charge in [0.05, 0.1) is 5.69 Å². The van der Waals surface area contributed by atoms with Gasteiger partial charge < -0.3 is 9.88 Å². The summed E-state index contributed by atoms with van der Waals surface area (Å²) in [5.74, 6) is -0.818. The largest absolute Gasteiger partial charge is 0.321 e. The molecule has 140 valence electrons. The van der Waals surface area contributed by atoms with Crippen molar-refractivity contribution in [3.8, 4) is 11.8 Å². The number of amides is 1. The van der Waals surface area contributed by atoms with Gasteiger partial charge in [-0.25, -0.2) is 4.39 Å². The highest BCUT2D eigenvalue weighted by Crippen LogP contribution is 2.24. The zero-order valence-corrected chi connectivity index (χ0v) is 16.0. The summed E-state index contributed by atoms with van der Waals surface area (Å²) in [7, 11) is 0. The molecule has 0 fully saturated rings. The molecule has 28 heavy (non-hydrogen) atoms. The summed E-state index contributed by atoms with van der Waals surface area (Å²) in [5.41, 5.74) is 4.30. The molecule has 0 atom stereocenters. The second-order valence-corrected chi connectivity index (χ2v) is 6.61. The molecule has 1 N–H and O–H groups in total. The van der Waals surface area contributed by atoms with Gasteiger partial charge in [0.2, 0.25) is 0 Å². The first kappa shape index (κ1) is 19.1. The van der Waals surface area contributed by atoms with E-state index in [-0.39, 0.29) is 11.4 Å². The van der Waals surface area contributed by atoms with Crippen LogP contribution in [0.3, 0.4) is 0 Å². The summed E-state index contributed by atoms with van der Waals surface area (Å²) >= 11 is 0. The highest BCUT2D eigenvalue weighted by molar-refractivity contribution is 6.09. The number of aryl methyl sites for hydroxylation is 2. The number of nitriles is 1. The van der Waals surface area contributed by atoms with Crippen LogP contribution >= 0.6 is 0 Å². The summed E-state index contributed by atoms with van der Waals surface area (Å²) in [6, 6.07) is 17.6. The molecule has 0 aliphatic rings. The molecule has 1 amide bonds. The first-order valence-electron chi connectivity index (χ1n) is 8.84. The van der Waals surface area contributed by atoms with Crippen LogP contribution in [0.25, 0.3) is 11.8 Å². The van der Waals surface area contributed by atoms with Crippen molar-refractivity contribution in [2.45, 2.75) is 20.8 Å². The van der Waals surface area contributed by atoms with Gasteiger partial charge >= 0.3 is 0 Å². The van der Waals surface area contributed by atoms with E-state index in [0.717, 1.165) is 17.0 Å². The number of para-hydroxylation sites is 1. The molecule has 0 radical (unpaired) electrons. The normalized spacial score (nSPS) is 11.2. The van der Waals surface area contributed by atoms with Crippen molar-refractivity contribution >= 4 is 17.7 Å². The second kappa shape index (κ2) is 7.93.